The Morgan fingerprint density at radius 1 is 1.06 bits per heavy atom. The minimum Gasteiger partial charge on any atom is -0.486 e. The van der Waals surface area contributed by atoms with Gasteiger partial charge < -0.3 is 14.3 Å². The highest BCUT2D eigenvalue weighted by Crippen LogP contribution is 2.21. The standard InChI is InChI=1S/C21H20N2O7S/c1-13-10-15(21(25)26)11-19(14(13)2)31(27,28)23-22-20(24)18-9-8-17(30-18)12-29-16-6-4-3-5-7-16/h3-11,23H,12H2,1-2H3,(H,22,24)(H,25,26). The van der Waals surface area contributed by atoms with Crippen LogP contribution in [0.5, 0.6) is 5.75 Å². The third kappa shape index (κ3) is 5.30. The maximum absolute atomic E-state index is 12.6. The number of hydrogen-bond acceptors (Lipinski definition) is 6. The molecule has 0 fully saturated rings. The Balaban J connectivity index is 1.67. The number of aromatic carboxylic acids is 1. The van der Waals surface area contributed by atoms with Gasteiger partial charge in [-0.1, -0.05) is 18.2 Å². The van der Waals surface area contributed by atoms with Gasteiger partial charge in [-0.05, 0) is 61.4 Å². The van der Waals surface area contributed by atoms with E-state index in [1.165, 1.54) is 18.2 Å². The lowest BCUT2D eigenvalue weighted by atomic mass is 10.1. The van der Waals surface area contributed by atoms with Crippen LogP contribution in [0.1, 0.15) is 37.8 Å². The van der Waals surface area contributed by atoms with Crippen molar-refractivity contribution in [2.24, 2.45) is 0 Å². The van der Waals surface area contributed by atoms with Crippen molar-refractivity contribution in [3.05, 3.63) is 82.8 Å². The Hall–Kier alpha value is -3.63. The summed E-state index contributed by atoms with van der Waals surface area (Å²) in [6, 6.07) is 14.4. The van der Waals surface area contributed by atoms with Crippen LogP contribution in [0.25, 0.3) is 0 Å². The maximum Gasteiger partial charge on any atom is 0.335 e. The molecule has 0 radical (unpaired) electrons. The molecule has 1 aromatic heterocycles. The fourth-order valence-corrected chi connectivity index (χ4v) is 3.89. The van der Waals surface area contributed by atoms with Crippen LogP contribution in [-0.4, -0.2) is 25.4 Å². The smallest absolute Gasteiger partial charge is 0.335 e. The summed E-state index contributed by atoms with van der Waals surface area (Å²) in [6.45, 7) is 3.23. The number of hydrogen-bond donors (Lipinski definition) is 3. The number of furan rings is 1. The fourth-order valence-electron chi connectivity index (χ4n) is 2.71. The molecule has 3 N–H and O–H groups in total. The molecule has 0 aliphatic rings. The molecule has 0 bridgehead atoms. The van der Waals surface area contributed by atoms with E-state index < -0.39 is 21.9 Å². The number of aryl methyl sites for hydroxylation is 1. The number of benzene rings is 2. The lowest BCUT2D eigenvalue weighted by Crippen LogP contribution is -2.41. The molecular weight excluding hydrogens is 424 g/mol. The zero-order valence-electron chi connectivity index (χ0n) is 16.7. The van der Waals surface area contributed by atoms with E-state index in [-0.39, 0.29) is 22.8 Å². The Labute approximate surface area is 178 Å². The summed E-state index contributed by atoms with van der Waals surface area (Å²) < 4.78 is 36.1. The number of carbonyl (C=O) groups is 2. The molecule has 0 unspecified atom stereocenters. The second-order valence-electron chi connectivity index (χ2n) is 6.65. The number of carboxylic acids is 1. The topological polar surface area (TPSA) is 135 Å². The summed E-state index contributed by atoms with van der Waals surface area (Å²) in [4.78, 5) is 25.2. The zero-order valence-corrected chi connectivity index (χ0v) is 17.5. The number of carboxylic acid groups (broad SMARTS) is 1. The average molecular weight is 444 g/mol. The van der Waals surface area contributed by atoms with E-state index in [2.05, 4.69) is 5.43 Å². The van der Waals surface area contributed by atoms with Crippen molar-refractivity contribution in [3.63, 3.8) is 0 Å². The van der Waals surface area contributed by atoms with Gasteiger partial charge in [0.1, 0.15) is 18.1 Å². The second kappa shape index (κ2) is 9.02. The minimum absolute atomic E-state index is 0.0868. The number of nitrogens with one attached hydrogen (secondary N) is 2. The molecule has 1 amide bonds. The van der Waals surface area contributed by atoms with Crippen LogP contribution in [0.2, 0.25) is 0 Å². The van der Waals surface area contributed by atoms with Gasteiger partial charge >= 0.3 is 11.9 Å². The van der Waals surface area contributed by atoms with Crippen molar-refractivity contribution in [2.75, 3.05) is 0 Å². The average Bonchev–Trinajstić information content (AvgIpc) is 3.22. The Bertz CT molecular complexity index is 1220. The van der Waals surface area contributed by atoms with Gasteiger partial charge in [0, 0.05) is 0 Å². The summed E-state index contributed by atoms with van der Waals surface area (Å²) in [5.41, 5.74) is 2.74. The number of carbonyl (C=O) groups excluding carboxylic acids is 1. The lowest BCUT2D eigenvalue weighted by molar-refractivity contribution is 0.0696. The van der Waals surface area contributed by atoms with Crippen LogP contribution >= 0.6 is 0 Å². The van der Waals surface area contributed by atoms with E-state index in [1.54, 1.807) is 26.0 Å². The van der Waals surface area contributed by atoms with Crippen LogP contribution < -0.4 is 15.0 Å². The Kier molecular flexibility index (Phi) is 6.42. The van der Waals surface area contributed by atoms with Gasteiger partial charge in [-0.2, -0.15) is 0 Å². The number of para-hydroxylation sites is 1. The Morgan fingerprint density at radius 2 is 1.77 bits per heavy atom. The molecule has 0 aliphatic heterocycles. The van der Waals surface area contributed by atoms with Gasteiger partial charge in [0.05, 0.1) is 10.5 Å². The van der Waals surface area contributed by atoms with Crippen LogP contribution in [0, 0.1) is 13.8 Å². The SMILES string of the molecule is Cc1cc(C(=O)O)cc(S(=O)(=O)NNC(=O)c2ccc(COc3ccccc3)o2)c1C. The summed E-state index contributed by atoms with van der Waals surface area (Å²) >= 11 is 0. The first-order chi connectivity index (χ1) is 14.7. The van der Waals surface area contributed by atoms with Gasteiger partial charge in [-0.25, -0.2) is 13.2 Å². The summed E-state index contributed by atoms with van der Waals surface area (Å²) in [6.07, 6.45) is 0. The molecule has 10 heteroatoms. The van der Waals surface area contributed by atoms with Crippen molar-refractivity contribution in [1.82, 2.24) is 10.3 Å². The first kappa shape index (κ1) is 22.1. The summed E-state index contributed by atoms with van der Waals surface area (Å²) in [7, 11) is -4.22. The molecule has 0 atom stereocenters. The third-order valence-corrected chi connectivity index (χ3v) is 5.84. The highest BCUT2D eigenvalue weighted by Gasteiger charge is 2.22. The van der Waals surface area contributed by atoms with E-state index in [4.69, 9.17) is 14.3 Å². The molecule has 3 rings (SSSR count). The summed E-state index contributed by atoms with van der Waals surface area (Å²) in [5, 5.41) is 9.17. The molecule has 2 aromatic carbocycles. The normalized spacial score (nSPS) is 11.2. The van der Waals surface area contributed by atoms with Crippen LogP contribution in [0.3, 0.4) is 0 Å². The van der Waals surface area contributed by atoms with E-state index >= 15 is 0 Å². The monoisotopic (exact) mass is 444 g/mol. The van der Waals surface area contributed by atoms with Gasteiger partial charge in [0.2, 0.25) is 0 Å². The number of amides is 1. The van der Waals surface area contributed by atoms with E-state index in [1.807, 2.05) is 23.0 Å². The minimum atomic E-state index is -4.22. The first-order valence-electron chi connectivity index (χ1n) is 9.10. The largest absolute Gasteiger partial charge is 0.486 e. The molecule has 0 saturated heterocycles. The Morgan fingerprint density at radius 3 is 2.45 bits per heavy atom. The van der Waals surface area contributed by atoms with Gasteiger partial charge in [0.15, 0.2) is 5.76 Å². The molecular formula is C21H20N2O7S. The number of sulfonamides is 1. The van der Waals surface area contributed by atoms with Crippen LogP contribution in [-0.2, 0) is 16.6 Å². The molecule has 0 spiro atoms. The number of hydrazine groups is 1. The van der Waals surface area contributed by atoms with Crippen LogP contribution in [0.15, 0.2) is 63.9 Å². The highest BCUT2D eigenvalue weighted by atomic mass is 32.2. The molecule has 0 aliphatic carbocycles. The molecule has 162 valence electrons. The highest BCUT2D eigenvalue weighted by molar-refractivity contribution is 7.89. The van der Waals surface area contributed by atoms with Gasteiger partial charge in [0.25, 0.3) is 10.0 Å². The fraction of sp³-hybridized carbons (Fsp3) is 0.143. The van der Waals surface area contributed by atoms with Crippen molar-refractivity contribution in [1.29, 1.82) is 0 Å². The molecule has 0 saturated carbocycles. The molecule has 3 aromatic rings. The molecule has 9 nitrogen and oxygen atoms in total. The summed E-state index contributed by atoms with van der Waals surface area (Å²) in [5.74, 6) is -1.20. The van der Waals surface area contributed by atoms with Gasteiger partial charge in [-0.3, -0.25) is 10.2 Å². The number of ether oxygens (including phenoxy) is 1. The number of rotatable bonds is 8. The van der Waals surface area contributed by atoms with Crippen molar-refractivity contribution < 1.29 is 32.3 Å². The maximum atomic E-state index is 12.6. The van der Waals surface area contributed by atoms with Crippen LogP contribution in [0.4, 0.5) is 0 Å². The second-order valence-corrected chi connectivity index (χ2v) is 8.30. The molecule has 31 heavy (non-hydrogen) atoms. The van der Waals surface area contributed by atoms with E-state index in [0.717, 1.165) is 6.07 Å². The zero-order chi connectivity index (χ0) is 22.6. The van der Waals surface area contributed by atoms with Crippen molar-refractivity contribution in [2.45, 2.75) is 25.3 Å². The van der Waals surface area contributed by atoms with Crippen molar-refractivity contribution >= 4 is 21.9 Å². The third-order valence-electron chi connectivity index (χ3n) is 4.46. The predicted octanol–water partition coefficient (Wildman–Crippen LogP) is 2.80. The first-order valence-corrected chi connectivity index (χ1v) is 10.6. The predicted molar refractivity (Wildman–Crippen MR) is 110 cm³/mol. The van der Waals surface area contributed by atoms with E-state index in [9.17, 15) is 18.0 Å². The van der Waals surface area contributed by atoms with Gasteiger partial charge in [-0.15, -0.1) is 4.83 Å². The lowest BCUT2D eigenvalue weighted by Gasteiger charge is -2.12. The van der Waals surface area contributed by atoms with Crippen molar-refractivity contribution in [3.8, 4) is 5.75 Å². The molecule has 1 heterocycles. The van der Waals surface area contributed by atoms with E-state index in [0.29, 0.717) is 22.6 Å². The quantitative estimate of drug-likeness (QED) is 0.455.